The maximum Gasteiger partial charge on any atom is 0.348 e. The molecule has 1 saturated heterocycles. The number of piperidine rings is 1. The van der Waals surface area contributed by atoms with Crippen molar-refractivity contribution in [2.24, 2.45) is 5.92 Å². The molecule has 0 aliphatic carbocycles. The van der Waals surface area contributed by atoms with Crippen LogP contribution in [0.2, 0.25) is 0 Å². The highest BCUT2D eigenvalue weighted by molar-refractivity contribution is 5.77. The number of likely N-dealkylation sites (tertiary alicyclic amines) is 1. The van der Waals surface area contributed by atoms with Crippen molar-refractivity contribution >= 4 is 5.91 Å². The van der Waals surface area contributed by atoms with Gasteiger partial charge in [0.05, 0.1) is 5.69 Å². The molecule has 1 aromatic heterocycles. The second-order valence-corrected chi connectivity index (χ2v) is 7.87. The summed E-state index contributed by atoms with van der Waals surface area (Å²) in [6.45, 7) is 3.23. The zero-order chi connectivity index (χ0) is 21.8. The predicted molar refractivity (Wildman–Crippen MR) is 114 cm³/mol. The van der Waals surface area contributed by atoms with Gasteiger partial charge in [-0.15, -0.1) is 0 Å². The predicted octanol–water partition coefficient (Wildman–Crippen LogP) is 2.87. The minimum atomic E-state index is -0.471. The lowest BCUT2D eigenvalue weighted by Crippen LogP contribution is -2.41. The molecule has 1 aliphatic heterocycles. The van der Waals surface area contributed by atoms with Crippen molar-refractivity contribution in [3.63, 3.8) is 0 Å². The number of aryl methyl sites for hydroxylation is 1. The first kappa shape index (κ1) is 20.8. The summed E-state index contributed by atoms with van der Waals surface area (Å²) in [5.74, 6) is 0.933. The van der Waals surface area contributed by atoms with E-state index in [1.165, 1.54) is 10.6 Å². The topological polar surface area (TPSA) is 80.2 Å². The third kappa shape index (κ3) is 4.84. The molecule has 4 rings (SSSR count). The number of nitrogens with one attached hydrogen (secondary N) is 1. The van der Waals surface area contributed by atoms with E-state index < -0.39 is 11.5 Å². The van der Waals surface area contributed by atoms with Gasteiger partial charge in [0.25, 0.3) is 5.91 Å². The summed E-state index contributed by atoms with van der Waals surface area (Å²) >= 11 is 0. The molecule has 1 aliphatic rings. The average molecular weight is 424 g/mol. The summed E-state index contributed by atoms with van der Waals surface area (Å²) in [4.78, 5) is 26.5. The van der Waals surface area contributed by atoms with E-state index in [0.717, 1.165) is 18.4 Å². The van der Waals surface area contributed by atoms with Gasteiger partial charge in [0, 0.05) is 19.5 Å². The molecule has 1 fully saturated rings. The van der Waals surface area contributed by atoms with Crippen molar-refractivity contribution in [2.75, 3.05) is 19.7 Å². The van der Waals surface area contributed by atoms with Crippen LogP contribution in [0.1, 0.15) is 24.2 Å². The number of hydrogen-bond donors (Lipinski definition) is 1. The van der Waals surface area contributed by atoms with Gasteiger partial charge in [-0.05, 0) is 55.5 Å². The monoisotopic (exact) mass is 424 g/mol. The molecule has 162 valence electrons. The second kappa shape index (κ2) is 9.16. The number of carbonyl (C=O) groups is 1. The molecule has 0 bridgehead atoms. The van der Waals surface area contributed by atoms with E-state index in [2.05, 4.69) is 10.2 Å². The quantitative estimate of drug-likeness (QED) is 0.660. The van der Waals surface area contributed by atoms with Gasteiger partial charge in [-0.1, -0.05) is 24.3 Å². The van der Waals surface area contributed by atoms with Crippen LogP contribution in [0.25, 0.3) is 5.69 Å². The van der Waals surface area contributed by atoms with Gasteiger partial charge >= 0.3 is 5.69 Å². The maximum absolute atomic E-state index is 14.2. The van der Waals surface area contributed by atoms with Crippen molar-refractivity contribution in [2.45, 2.75) is 26.2 Å². The lowest BCUT2D eigenvalue weighted by atomic mass is 9.93. The zero-order valence-corrected chi connectivity index (χ0v) is 17.4. The number of H-pyrrole nitrogens is 1. The highest BCUT2D eigenvalue weighted by Crippen LogP contribution is 2.22. The Labute approximate surface area is 179 Å². The zero-order valence-electron chi connectivity index (χ0n) is 17.4. The number of aromatic amines is 1. The van der Waals surface area contributed by atoms with Crippen LogP contribution in [0.15, 0.2) is 53.3 Å². The molecule has 0 atom stereocenters. The van der Waals surface area contributed by atoms with Gasteiger partial charge in [-0.3, -0.25) is 4.79 Å². The second-order valence-electron chi connectivity index (χ2n) is 7.87. The molecule has 3 aromatic rings. The van der Waals surface area contributed by atoms with Crippen LogP contribution < -0.4 is 10.4 Å². The normalized spacial score (nSPS) is 14.6. The van der Waals surface area contributed by atoms with E-state index >= 15 is 0 Å². The van der Waals surface area contributed by atoms with Crippen LogP contribution in [0.3, 0.4) is 0 Å². The van der Waals surface area contributed by atoms with E-state index in [0.29, 0.717) is 31.1 Å². The van der Waals surface area contributed by atoms with Crippen LogP contribution in [0.5, 0.6) is 5.75 Å². The van der Waals surface area contributed by atoms with Gasteiger partial charge < -0.3 is 9.64 Å². The van der Waals surface area contributed by atoms with Gasteiger partial charge in [0.2, 0.25) is 0 Å². The molecule has 0 spiro atoms. The Balaban J connectivity index is 1.33. The summed E-state index contributed by atoms with van der Waals surface area (Å²) < 4.78 is 21.1. The Kier molecular flexibility index (Phi) is 6.16. The van der Waals surface area contributed by atoms with E-state index in [-0.39, 0.29) is 24.1 Å². The van der Waals surface area contributed by atoms with Crippen molar-refractivity contribution in [3.8, 4) is 11.4 Å². The summed E-state index contributed by atoms with van der Waals surface area (Å²) in [6, 6.07) is 13.8. The van der Waals surface area contributed by atoms with Crippen molar-refractivity contribution < 1.29 is 13.9 Å². The first-order valence-corrected chi connectivity index (χ1v) is 10.4. The van der Waals surface area contributed by atoms with E-state index in [1.54, 1.807) is 23.1 Å². The number of ether oxygens (including phenoxy) is 1. The molecule has 1 N–H and O–H groups in total. The van der Waals surface area contributed by atoms with Gasteiger partial charge in [0.1, 0.15) is 17.4 Å². The Morgan fingerprint density at radius 1 is 1.19 bits per heavy atom. The van der Waals surface area contributed by atoms with Crippen molar-refractivity contribution in [1.82, 2.24) is 19.7 Å². The number of carbonyl (C=O) groups excluding carboxylic acids is 1. The van der Waals surface area contributed by atoms with Crippen molar-refractivity contribution in [3.05, 3.63) is 76.2 Å². The van der Waals surface area contributed by atoms with Gasteiger partial charge in [-0.25, -0.2) is 18.9 Å². The molecule has 0 radical (unpaired) electrons. The molecular formula is C23H25FN4O3. The molecule has 7 nitrogen and oxygen atoms in total. The molecule has 0 saturated carbocycles. The summed E-state index contributed by atoms with van der Waals surface area (Å²) in [6.07, 6.45) is 2.11. The Bertz CT molecular complexity index is 1120. The van der Waals surface area contributed by atoms with Crippen LogP contribution >= 0.6 is 0 Å². The van der Waals surface area contributed by atoms with Crippen molar-refractivity contribution in [1.29, 1.82) is 0 Å². The Hall–Kier alpha value is -3.42. The molecular weight excluding hydrogens is 399 g/mol. The van der Waals surface area contributed by atoms with Crippen LogP contribution in [-0.4, -0.2) is 45.3 Å². The largest absolute Gasteiger partial charge is 0.484 e. The number of amides is 1. The molecule has 31 heavy (non-hydrogen) atoms. The van der Waals surface area contributed by atoms with Crippen LogP contribution in [-0.2, 0) is 11.2 Å². The SMILES string of the molecule is Cc1cccc(OCC(=O)N2CCC(Cc3n[nH]c(=O)n3-c3ccccc3F)CC2)c1. The van der Waals surface area contributed by atoms with Gasteiger partial charge in [0.15, 0.2) is 6.61 Å². The molecule has 0 unspecified atom stereocenters. The molecule has 1 amide bonds. The summed E-state index contributed by atoms with van der Waals surface area (Å²) in [5.41, 5.74) is 0.816. The van der Waals surface area contributed by atoms with E-state index in [1.807, 2.05) is 31.2 Å². The fraction of sp³-hybridized carbons (Fsp3) is 0.348. The maximum atomic E-state index is 14.2. The third-order valence-electron chi connectivity index (χ3n) is 5.63. The number of nitrogens with zero attached hydrogens (tertiary/aromatic N) is 3. The van der Waals surface area contributed by atoms with E-state index in [9.17, 15) is 14.0 Å². The number of rotatable bonds is 6. The first-order valence-electron chi connectivity index (χ1n) is 10.4. The number of aromatic nitrogens is 3. The lowest BCUT2D eigenvalue weighted by Gasteiger charge is -2.31. The summed E-state index contributed by atoms with van der Waals surface area (Å²) in [5, 5.41) is 6.54. The number of benzene rings is 2. The average Bonchev–Trinajstić information content (AvgIpc) is 3.13. The number of para-hydroxylation sites is 1. The molecule has 2 aromatic carbocycles. The Morgan fingerprint density at radius 2 is 1.97 bits per heavy atom. The van der Waals surface area contributed by atoms with Gasteiger partial charge in [-0.2, -0.15) is 5.10 Å². The highest BCUT2D eigenvalue weighted by atomic mass is 19.1. The third-order valence-corrected chi connectivity index (χ3v) is 5.63. The minimum Gasteiger partial charge on any atom is -0.484 e. The number of halogens is 1. The standard InChI is InChI=1S/C23H25FN4O3/c1-16-5-4-6-18(13-16)31-15-22(29)27-11-9-17(10-12-27)14-21-25-26-23(30)28(21)20-8-3-2-7-19(20)24/h2-8,13,17H,9-12,14-15H2,1H3,(H,26,30). The fourth-order valence-corrected chi connectivity index (χ4v) is 3.93. The smallest absolute Gasteiger partial charge is 0.348 e. The molecule has 2 heterocycles. The van der Waals surface area contributed by atoms with Crippen LogP contribution in [0, 0.1) is 18.7 Å². The number of hydrogen-bond acceptors (Lipinski definition) is 4. The van der Waals surface area contributed by atoms with Crippen LogP contribution in [0.4, 0.5) is 4.39 Å². The summed E-state index contributed by atoms with van der Waals surface area (Å²) in [7, 11) is 0. The Morgan fingerprint density at radius 3 is 2.71 bits per heavy atom. The fourth-order valence-electron chi connectivity index (χ4n) is 3.93. The highest BCUT2D eigenvalue weighted by Gasteiger charge is 2.25. The molecule has 8 heteroatoms. The lowest BCUT2D eigenvalue weighted by molar-refractivity contribution is -0.134. The van der Waals surface area contributed by atoms with E-state index in [4.69, 9.17) is 4.74 Å². The minimum absolute atomic E-state index is 0.0142. The first-order chi connectivity index (χ1) is 15.0.